The van der Waals surface area contributed by atoms with Crippen LogP contribution in [0.25, 0.3) is 11.2 Å². The van der Waals surface area contributed by atoms with Crippen LogP contribution in [0.15, 0.2) is 58.1 Å². The molecule has 0 spiro atoms. The summed E-state index contributed by atoms with van der Waals surface area (Å²) in [6.07, 6.45) is 0. The summed E-state index contributed by atoms with van der Waals surface area (Å²) >= 11 is 5.97. The highest BCUT2D eigenvalue weighted by Gasteiger charge is 2.19. The van der Waals surface area contributed by atoms with Gasteiger partial charge in [-0.15, -0.1) is 0 Å². The van der Waals surface area contributed by atoms with E-state index >= 15 is 0 Å². The molecule has 8 heteroatoms. The average molecular weight is 424 g/mol. The SMILES string of the molecule is Cc1ccc(Cn2c(NCc3ccc(Cl)cc3)nc3c2c(=O)n(C)c(=O)n3C)cc1. The number of halogens is 1. The first-order chi connectivity index (χ1) is 14.3. The Hall–Kier alpha value is -3.32. The van der Waals surface area contributed by atoms with Crippen LogP contribution in [0.3, 0.4) is 0 Å². The van der Waals surface area contributed by atoms with Crippen LogP contribution in [0.4, 0.5) is 5.95 Å². The molecule has 1 N–H and O–H groups in total. The van der Waals surface area contributed by atoms with Crippen LogP contribution < -0.4 is 16.6 Å². The Balaban J connectivity index is 1.82. The van der Waals surface area contributed by atoms with Gasteiger partial charge in [-0.2, -0.15) is 4.98 Å². The quantitative estimate of drug-likeness (QED) is 0.535. The van der Waals surface area contributed by atoms with Crippen LogP contribution in [0.1, 0.15) is 16.7 Å². The van der Waals surface area contributed by atoms with Crippen molar-refractivity contribution in [3.05, 3.63) is 91.1 Å². The molecule has 0 radical (unpaired) electrons. The molecule has 7 nitrogen and oxygen atoms in total. The minimum atomic E-state index is -0.406. The molecule has 30 heavy (non-hydrogen) atoms. The second-order valence-electron chi connectivity index (χ2n) is 7.37. The van der Waals surface area contributed by atoms with E-state index in [1.165, 1.54) is 11.6 Å². The molecule has 0 fully saturated rings. The minimum absolute atomic E-state index is 0.355. The van der Waals surface area contributed by atoms with Crippen molar-refractivity contribution in [2.45, 2.75) is 20.0 Å². The average Bonchev–Trinajstić information content (AvgIpc) is 3.10. The van der Waals surface area contributed by atoms with Gasteiger partial charge in [0.2, 0.25) is 5.95 Å². The Labute approximate surface area is 178 Å². The first-order valence-electron chi connectivity index (χ1n) is 9.55. The molecule has 0 unspecified atom stereocenters. The molecule has 0 aliphatic carbocycles. The summed E-state index contributed by atoms with van der Waals surface area (Å²) in [5.41, 5.74) is 3.19. The molecule has 0 saturated carbocycles. The van der Waals surface area contributed by atoms with Crippen LogP contribution in [0.5, 0.6) is 0 Å². The number of benzene rings is 2. The van der Waals surface area contributed by atoms with Crippen LogP contribution in [-0.4, -0.2) is 18.7 Å². The minimum Gasteiger partial charge on any atom is -0.351 e. The maximum atomic E-state index is 12.9. The number of aryl methyl sites for hydroxylation is 2. The second-order valence-corrected chi connectivity index (χ2v) is 7.80. The summed E-state index contributed by atoms with van der Waals surface area (Å²) in [6, 6.07) is 15.6. The third kappa shape index (κ3) is 3.64. The first-order valence-corrected chi connectivity index (χ1v) is 9.93. The van der Waals surface area contributed by atoms with E-state index < -0.39 is 5.69 Å². The lowest BCUT2D eigenvalue weighted by Gasteiger charge is -2.11. The fourth-order valence-corrected chi connectivity index (χ4v) is 3.52. The van der Waals surface area contributed by atoms with Gasteiger partial charge in [0.05, 0.1) is 6.54 Å². The summed E-state index contributed by atoms with van der Waals surface area (Å²) < 4.78 is 4.34. The smallest absolute Gasteiger partial charge is 0.332 e. The Morgan fingerprint density at radius 3 is 2.23 bits per heavy atom. The van der Waals surface area contributed by atoms with E-state index in [-0.39, 0.29) is 5.56 Å². The summed E-state index contributed by atoms with van der Waals surface area (Å²) in [5, 5.41) is 3.98. The number of nitrogens with one attached hydrogen (secondary N) is 1. The molecule has 0 aliphatic rings. The second kappa shape index (κ2) is 7.84. The summed E-state index contributed by atoms with van der Waals surface area (Å²) in [4.78, 5) is 29.9. The van der Waals surface area contributed by atoms with Gasteiger partial charge in [-0.05, 0) is 30.2 Å². The van der Waals surface area contributed by atoms with Crippen LogP contribution in [0, 0.1) is 6.92 Å². The standard InChI is InChI=1S/C22H22ClN5O2/c1-14-4-6-16(7-5-14)13-28-18-19(26(2)22(30)27(3)20(18)29)25-21(28)24-12-15-8-10-17(23)11-9-15/h4-11H,12-13H2,1-3H3,(H,24,25). The van der Waals surface area contributed by atoms with E-state index in [1.54, 1.807) is 7.05 Å². The van der Waals surface area contributed by atoms with Crippen molar-refractivity contribution in [1.82, 2.24) is 18.7 Å². The third-order valence-corrected chi connectivity index (χ3v) is 5.43. The monoisotopic (exact) mass is 423 g/mol. The number of aromatic nitrogens is 4. The van der Waals surface area contributed by atoms with Crippen molar-refractivity contribution in [3.8, 4) is 0 Å². The first kappa shape index (κ1) is 20.0. The molecule has 0 saturated heterocycles. The van der Waals surface area contributed by atoms with E-state index in [9.17, 15) is 9.59 Å². The lowest BCUT2D eigenvalue weighted by Crippen LogP contribution is -2.37. The lowest BCUT2D eigenvalue weighted by molar-refractivity contribution is 0.702. The Morgan fingerprint density at radius 2 is 1.57 bits per heavy atom. The van der Waals surface area contributed by atoms with Gasteiger partial charge in [0.15, 0.2) is 11.2 Å². The fraction of sp³-hybridized carbons (Fsp3) is 0.227. The van der Waals surface area contributed by atoms with Crippen molar-refractivity contribution in [2.24, 2.45) is 14.1 Å². The van der Waals surface area contributed by atoms with Crippen molar-refractivity contribution < 1.29 is 0 Å². The molecule has 4 aromatic rings. The molecule has 2 aromatic carbocycles. The maximum Gasteiger partial charge on any atom is 0.332 e. The highest BCUT2D eigenvalue weighted by molar-refractivity contribution is 6.30. The summed E-state index contributed by atoms with van der Waals surface area (Å²) in [6.45, 7) is 2.98. The molecular weight excluding hydrogens is 402 g/mol. The largest absolute Gasteiger partial charge is 0.351 e. The van der Waals surface area contributed by atoms with Gasteiger partial charge in [0.1, 0.15) is 0 Å². The van der Waals surface area contributed by atoms with Gasteiger partial charge < -0.3 is 5.32 Å². The molecule has 0 atom stereocenters. The number of rotatable bonds is 5. The molecular formula is C22H22ClN5O2. The molecule has 0 aliphatic heterocycles. The van der Waals surface area contributed by atoms with Crippen molar-refractivity contribution in [1.29, 1.82) is 0 Å². The molecule has 4 rings (SSSR count). The number of nitrogens with zero attached hydrogens (tertiary/aromatic N) is 4. The highest BCUT2D eigenvalue weighted by atomic mass is 35.5. The van der Waals surface area contributed by atoms with Crippen molar-refractivity contribution >= 4 is 28.7 Å². The molecule has 154 valence electrons. The Morgan fingerprint density at radius 1 is 0.933 bits per heavy atom. The number of imidazole rings is 1. The fourth-order valence-electron chi connectivity index (χ4n) is 3.39. The molecule has 0 amide bonds. The van der Waals surface area contributed by atoms with E-state index in [1.807, 2.05) is 60.0 Å². The summed E-state index contributed by atoms with van der Waals surface area (Å²) in [5.74, 6) is 0.527. The van der Waals surface area contributed by atoms with E-state index in [0.717, 1.165) is 21.3 Å². The third-order valence-electron chi connectivity index (χ3n) is 5.17. The van der Waals surface area contributed by atoms with Crippen LogP contribution >= 0.6 is 11.6 Å². The lowest BCUT2D eigenvalue weighted by atomic mass is 10.1. The van der Waals surface area contributed by atoms with E-state index in [2.05, 4.69) is 10.3 Å². The van der Waals surface area contributed by atoms with Gasteiger partial charge >= 0.3 is 5.69 Å². The topological polar surface area (TPSA) is 73.8 Å². The van der Waals surface area contributed by atoms with E-state index in [4.69, 9.17) is 11.6 Å². The van der Waals surface area contributed by atoms with E-state index in [0.29, 0.717) is 35.2 Å². The normalized spacial score (nSPS) is 11.2. The van der Waals surface area contributed by atoms with Crippen molar-refractivity contribution in [2.75, 3.05) is 5.32 Å². The molecule has 2 aromatic heterocycles. The van der Waals surface area contributed by atoms with Gasteiger partial charge in [-0.25, -0.2) is 4.79 Å². The van der Waals surface area contributed by atoms with Gasteiger partial charge in [-0.3, -0.25) is 18.5 Å². The highest BCUT2D eigenvalue weighted by Crippen LogP contribution is 2.19. The number of hydrogen-bond donors (Lipinski definition) is 1. The Kier molecular flexibility index (Phi) is 5.22. The molecule has 2 heterocycles. The Bertz CT molecular complexity index is 1330. The number of anilines is 1. The van der Waals surface area contributed by atoms with Crippen LogP contribution in [-0.2, 0) is 27.2 Å². The zero-order chi connectivity index (χ0) is 21.4. The van der Waals surface area contributed by atoms with Gasteiger partial charge in [-0.1, -0.05) is 53.6 Å². The van der Waals surface area contributed by atoms with Crippen molar-refractivity contribution in [3.63, 3.8) is 0 Å². The summed E-state index contributed by atoms with van der Waals surface area (Å²) in [7, 11) is 3.10. The molecule has 0 bridgehead atoms. The predicted octanol–water partition coefficient (Wildman–Crippen LogP) is 3.06. The predicted molar refractivity (Wildman–Crippen MR) is 119 cm³/mol. The number of hydrogen-bond acceptors (Lipinski definition) is 4. The van der Waals surface area contributed by atoms with Gasteiger partial charge in [0, 0.05) is 25.7 Å². The van der Waals surface area contributed by atoms with Gasteiger partial charge in [0.25, 0.3) is 5.56 Å². The zero-order valence-corrected chi connectivity index (χ0v) is 17.8. The van der Waals surface area contributed by atoms with Crippen LogP contribution in [0.2, 0.25) is 5.02 Å². The number of fused-ring (bicyclic) bond motifs is 1. The zero-order valence-electron chi connectivity index (χ0n) is 17.0. The maximum absolute atomic E-state index is 12.9.